The molecule has 1 amide bonds. The normalized spacial score (nSPS) is 17.8. The summed E-state index contributed by atoms with van der Waals surface area (Å²) < 4.78 is 7.20. The summed E-state index contributed by atoms with van der Waals surface area (Å²) >= 11 is 0. The molecule has 172 valence electrons. The maximum absolute atomic E-state index is 12.8. The number of carbonyl (C=O) groups is 1. The highest BCUT2D eigenvalue weighted by Crippen LogP contribution is 2.17. The molecule has 1 fully saturated rings. The summed E-state index contributed by atoms with van der Waals surface area (Å²) in [6.45, 7) is 9.23. The van der Waals surface area contributed by atoms with Crippen molar-refractivity contribution in [2.75, 3.05) is 25.1 Å². The van der Waals surface area contributed by atoms with Crippen LogP contribution in [0.5, 0.6) is 0 Å². The summed E-state index contributed by atoms with van der Waals surface area (Å²) in [7, 11) is 0. The summed E-state index contributed by atoms with van der Waals surface area (Å²) in [5, 5.41) is 15.9. The van der Waals surface area contributed by atoms with E-state index >= 15 is 0 Å². The van der Waals surface area contributed by atoms with E-state index in [1.165, 1.54) is 0 Å². The van der Waals surface area contributed by atoms with Crippen LogP contribution < -0.4 is 10.6 Å². The number of ether oxygens (including phenoxy) is 1. The maximum atomic E-state index is 12.8. The van der Waals surface area contributed by atoms with Crippen molar-refractivity contribution in [1.82, 2.24) is 19.9 Å². The second kappa shape index (κ2) is 11.1. The van der Waals surface area contributed by atoms with Crippen LogP contribution >= 0.6 is 0 Å². The third kappa shape index (κ3) is 6.27. The van der Waals surface area contributed by atoms with Crippen LogP contribution in [-0.4, -0.2) is 57.5 Å². The number of amides is 1. The van der Waals surface area contributed by atoms with Crippen molar-refractivity contribution in [3.8, 4) is 5.82 Å². The van der Waals surface area contributed by atoms with E-state index in [-0.39, 0.29) is 18.6 Å². The molecular weight excluding hydrogens is 406 g/mol. The lowest BCUT2D eigenvalue weighted by Crippen LogP contribution is -2.38. The molecule has 1 saturated heterocycles. The predicted octanol–water partition coefficient (Wildman–Crippen LogP) is 3.03. The van der Waals surface area contributed by atoms with Gasteiger partial charge in [0.15, 0.2) is 0 Å². The third-order valence-corrected chi connectivity index (χ3v) is 5.30. The first-order valence-corrected chi connectivity index (χ1v) is 11.0. The van der Waals surface area contributed by atoms with Gasteiger partial charge in [-0.3, -0.25) is 4.79 Å². The molecular formula is C24H33N5O3. The summed E-state index contributed by atoms with van der Waals surface area (Å²) in [6, 6.07) is 1.49. The van der Waals surface area contributed by atoms with E-state index in [2.05, 4.69) is 40.5 Å². The first kappa shape index (κ1) is 23.7. The monoisotopic (exact) mass is 439 g/mol. The summed E-state index contributed by atoms with van der Waals surface area (Å²) in [4.78, 5) is 21.8. The quantitative estimate of drug-likeness (QED) is 0.519. The molecule has 2 aromatic heterocycles. The minimum atomic E-state index is -0.451. The molecule has 8 nitrogen and oxygen atoms in total. The average molecular weight is 440 g/mol. The number of aliphatic hydroxyl groups excluding tert-OH is 1. The Morgan fingerprint density at radius 1 is 1.44 bits per heavy atom. The first-order chi connectivity index (χ1) is 15.4. The Balaban J connectivity index is 1.71. The van der Waals surface area contributed by atoms with Crippen LogP contribution in [0.2, 0.25) is 0 Å². The molecule has 2 aromatic rings. The van der Waals surface area contributed by atoms with Gasteiger partial charge < -0.3 is 25.0 Å². The van der Waals surface area contributed by atoms with E-state index in [4.69, 9.17) is 4.74 Å². The van der Waals surface area contributed by atoms with E-state index < -0.39 is 6.04 Å². The number of nitrogens with zero attached hydrogens (tertiary/aromatic N) is 3. The van der Waals surface area contributed by atoms with Gasteiger partial charge in [0.2, 0.25) is 5.95 Å². The fourth-order valence-electron chi connectivity index (χ4n) is 3.35. The van der Waals surface area contributed by atoms with Crippen molar-refractivity contribution in [3.05, 3.63) is 59.6 Å². The third-order valence-electron chi connectivity index (χ3n) is 5.30. The Morgan fingerprint density at radius 2 is 2.25 bits per heavy atom. The Labute approximate surface area is 189 Å². The van der Waals surface area contributed by atoms with Crippen LogP contribution in [0.3, 0.4) is 0 Å². The van der Waals surface area contributed by atoms with E-state index in [1.807, 2.05) is 30.6 Å². The number of nitrogens with one attached hydrogen (secondary N) is 2. The van der Waals surface area contributed by atoms with Crippen LogP contribution in [0.15, 0.2) is 48.5 Å². The van der Waals surface area contributed by atoms with E-state index in [1.54, 1.807) is 24.7 Å². The number of carbonyl (C=O) groups excluding carboxylic acids is 1. The molecule has 1 aliphatic heterocycles. The Bertz CT molecular complexity index is 974. The zero-order valence-corrected chi connectivity index (χ0v) is 19.2. The molecule has 0 radical (unpaired) electrons. The van der Waals surface area contributed by atoms with Gasteiger partial charge in [-0.2, -0.15) is 4.98 Å². The van der Waals surface area contributed by atoms with Crippen LogP contribution in [0.25, 0.3) is 5.82 Å². The molecule has 32 heavy (non-hydrogen) atoms. The van der Waals surface area contributed by atoms with Crippen LogP contribution in [0.1, 0.15) is 43.1 Å². The van der Waals surface area contributed by atoms with Gasteiger partial charge in [-0.05, 0) is 37.8 Å². The zero-order chi connectivity index (χ0) is 23.1. The van der Waals surface area contributed by atoms with Crippen LogP contribution in [0, 0.1) is 12.8 Å². The minimum Gasteiger partial charge on any atom is -0.394 e. The number of aryl methyl sites for hydroxylation is 1. The second-order valence-corrected chi connectivity index (χ2v) is 8.46. The largest absolute Gasteiger partial charge is 0.394 e. The summed E-state index contributed by atoms with van der Waals surface area (Å²) in [6.07, 6.45) is 12.2. The average Bonchev–Trinajstić information content (AvgIpc) is 3.45. The van der Waals surface area contributed by atoms with Gasteiger partial charge in [0.1, 0.15) is 5.82 Å². The van der Waals surface area contributed by atoms with E-state index in [9.17, 15) is 9.90 Å². The zero-order valence-electron chi connectivity index (χ0n) is 19.2. The van der Waals surface area contributed by atoms with Gasteiger partial charge in [0.25, 0.3) is 5.91 Å². The number of anilines is 1. The molecule has 3 N–H and O–H groups in total. The lowest BCUT2D eigenvalue weighted by atomic mass is 10.1. The van der Waals surface area contributed by atoms with Gasteiger partial charge in [0.05, 0.1) is 30.9 Å². The van der Waals surface area contributed by atoms with Crippen molar-refractivity contribution < 1.29 is 14.6 Å². The molecule has 8 heteroatoms. The minimum absolute atomic E-state index is 0.171. The highest BCUT2D eigenvalue weighted by Gasteiger charge is 2.18. The molecule has 3 rings (SSSR count). The molecule has 1 unspecified atom stereocenters. The van der Waals surface area contributed by atoms with E-state index in [0.29, 0.717) is 29.9 Å². The van der Waals surface area contributed by atoms with Crippen molar-refractivity contribution in [2.24, 2.45) is 5.92 Å². The fourth-order valence-corrected chi connectivity index (χ4v) is 3.35. The number of aliphatic hydroxyl groups is 1. The van der Waals surface area contributed by atoms with Crippen molar-refractivity contribution in [3.63, 3.8) is 0 Å². The highest BCUT2D eigenvalue weighted by molar-refractivity contribution is 5.94. The SMILES string of the molecule is C/C(=C\C=C/C(C)C)[C@@H](CO)NC(=O)c1ccn(-c2nc(NC3CCOC3)ncc2C)c1. The van der Waals surface area contributed by atoms with Crippen molar-refractivity contribution in [1.29, 1.82) is 0 Å². The molecule has 0 bridgehead atoms. The van der Waals surface area contributed by atoms with Gasteiger partial charge in [-0.1, -0.05) is 32.1 Å². The molecule has 2 atom stereocenters. The van der Waals surface area contributed by atoms with Gasteiger partial charge in [-0.15, -0.1) is 0 Å². The molecule has 0 aromatic carbocycles. The molecule has 3 heterocycles. The molecule has 1 aliphatic rings. The Hall–Kier alpha value is -2.97. The first-order valence-electron chi connectivity index (χ1n) is 11.0. The van der Waals surface area contributed by atoms with Crippen molar-refractivity contribution in [2.45, 2.75) is 46.2 Å². The number of aromatic nitrogens is 3. The van der Waals surface area contributed by atoms with Crippen molar-refractivity contribution >= 4 is 11.9 Å². The lowest BCUT2D eigenvalue weighted by Gasteiger charge is -2.16. The Kier molecular flexibility index (Phi) is 8.19. The number of allylic oxidation sites excluding steroid dienone is 3. The summed E-state index contributed by atoms with van der Waals surface area (Å²) in [5.74, 6) is 1.43. The smallest absolute Gasteiger partial charge is 0.253 e. The summed E-state index contributed by atoms with van der Waals surface area (Å²) in [5.41, 5.74) is 2.27. The molecule has 0 saturated carbocycles. The van der Waals surface area contributed by atoms with E-state index in [0.717, 1.165) is 24.2 Å². The fraction of sp³-hybridized carbons (Fsp3) is 0.458. The van der Waals surface area contributed by atoms with Gasteiger partial charge in [-0.25, -0.2) is 4.98 Å². The molecule has 0 aliphatic carbocycles. The number of hydrogen-bond donors (Lipinski definition) is 3. The number of rotatable bonds is 9. The van der Waals surface area contributed by atoms with Gasteiger partial charge in [0, 0.05) is 30.8 Å². The Morgan fingerprint density at radius 3 is 2.94 bits per heavy atom. The maximum Gasteiger partial charge on any atom is 0.253 e. The number of hydrogen-bond acceptors (Lipinski definition) is 6. The highest BCUT2D eigenvalue weighted by atomic mass is 16.5. The topological polar surface area (TPSA) is 101 Å². The van der Waals surface area contributed by atoms with Gasteiger partial charge >= 0.3 is 0 Å². The standard InChI is InChI=1S/C24H33N5O3/c1-16(2)6-5-7-17(3)21(14-30)27-23(31)19-8-10-29(13-19)22-18(4)12-25-24(28-22)26-20-9-11-32-15-20/h5-8,10,12-13,16,20-21,30H,9,11,14-15H2,1-4H3,(H,27,31)(H,25,26,28)/b6-5-,17-7+/t20?,21-/m1/s1. The van der Waals surface area contributed by atoms with Crippen LogP contribution in [-0.2, 0) is 4.74 Å². The predicted molar refractivity (Wildman–Crippen MR) is 125 cm³/mol. The second-order valence-electron chi connectivity index (χ2n) is 8.46. The lowest BCUT2D eigenvalue weighted by molar-refractivity contribution is 0.0926. The van der Waals surface area contributed by atoms with Crippen LogP contribution in [0.4, 0.5) is 5.95 Å². The molecule has 0 spiro atoms.